The zero-order valence-corrected chi connectivity index (χ0v) is 9.59. The molecule has 74 valence electrons. The topological polar surface area (TPSA) is 37.4 Å². The Bertz CT molecular complexity index is 246. The lowest BCUT2D eigenvalue weighted by Gasteiger charge is -2.23. The van der Waals surface area contributed by atoms with Crippen molar-refractivity contribution in [3.05, 3.63) is 0 Å². The zero-order chi connectivity index (χ0) is 9.47. The fourth-order valence-electron chi connectivity index (χ4n) is 1.36. The maximum atomic E-state index is 11.2. The third kappa shape index (κ3) is 2.11. The predicted octanol–water partition coefficient (Wildman–Crippen LogP) is 0.298. The molecule has 0 aromatic carbocycles. The molecule has 3 nitrogen and oxygen atoms in total. The summed E-state index contributed by atoms with van der Waals surface area (Å²) in [5.41, 5.74) is 0. The highest BCUT2D eigenvalue weighted by Crippen LogP contribution is 2.50. The van der Waals surface area contributed by atoms with Gasteiger partial charge in [0.05, 0.1) is 10.8 Å². The number of carbonyl (C=O) groups is 1. The molecule has 6 heteroatoms. The molecule has 0 bridgehead atoms. The molecule has 0 aromatic heterocycles. The van der Waals surface area contributed by atoms with Gasteiger partial charge in [-0.25, -0.2) is 0 Å². The summed E-state index contributed by atoms with van der Waals surface area (Å²) in [7, 11) is -1.25. The second kappa shape index (κ2) is 3.56. The number of hydrogen-bond donors (Lipinski definition) is 1. The summed E-state index contributed by atoms with van der Waals surface area (Å²) < 4.78 is 11.1. The van der Waals surface area contributed by atoms with Gasteiger partial charge in [-0.3, -0.25) is 13.9 Å². The normalized spacial score (nSPS) is 41.6. The van der Waals surface area contributed by atoms with E-state index < -0.39 is 10.8 Å². The van der Waals surface area contributed by atoms with Gasteiger partial charge in [0.25, 0.3) is 0 Å². The molecule has 2 unspecified atom stereocenters. The molecule has 0 saturated carbocycles. The summed E-state index contributed by atoms with van der Waals surface area (Å²) in [5.74, 6) is 1.48. The van der Waals surface area contributed by atoms with E-state index in [1.54, 1.807) is 11.8 Å². The average Bonchev–Trinajstić information content (AvgIpc) is 2.83. The molecule has 2 atom stereocenters. The van der Waals surface area contributed by atoms with E-state index in [0.29, 0.717) is 18.7 Å². The minimum atomic E-state index is -1.25. The van der Waals surface area contributed by atoms with E-state index in [-0.39, 0.29) is 9.32 Å². The van der Waals surface area contributed by atoms with Crippen LogP contribution in [0.4, 0.5) is 0 Å². The van der Waals surface area contributed by atoms with Gasteiger partial charge in [0, 0.05) is 31.0 Å². The molecule has 0 aliphatic carbocycles. The quantitative estimate of drug-likeness (QED) is 0.526. The van der Waals surface area contributed by atoms with Gasteiger partial charge in [-0.2, -0.15) is 0 Å². The number of thioether (sulfide) groups is 1. The van der Waals surface area contributed by atoms with Crippen molar-refractivity contribution in [2.75, 3.05) is 24.6 Å². The molecular weight excluding hydrogens is 226 g/mol. The van der Waals surface area contributed by atoms with Crippen molar-refractivity contribution in [2.24, 2.45) is 0 Å². The lowest BCUT2D eigenvalue weighted by molar-refractivity contribution is -0.111. The number of rotatable bonds is 1. The minimum absolute atomic E-state index is 0.0607. The summed E-state index contributed by atoms with van der Waals surface area (Å²) in [6, 6.07) is 0. The lowest BCUT2D eigenvalue weighted by atomic mass is 10.4. The maximum absolute atomic E-state index is 11.2. The van der Waals surface area contributed by atoms with Gasteiger partial charge >= 0.3 is 0 Å². The summed E-state index contributed by atoms with van der Waals surface area (Å²) in [6.07, 6.45) is 0.412. The second-order valence-electron chi connectivity index (χ2n) is 3.19. The SMILES string of the molecule is O=C1CCN(C2(S)CS2)CCS1=O. The van der Waals surface area contributed by atoms with Crippen molar-refractivity contribution in [1.29, 1.82) is 0 Å². The molecule has 2 saturated heterocycles. The van der Waals surface area contributed by atoms with Gasteiger partial charge in [-0.05, 0) is 0 Å². The van der Waals surface area contributed by atoms with Gasteiger partial charge in [0.15, 0.2) is 0 Å². The molecule has 2 aliphatic rings. The first-order chi connectivity index (χ1) is 6.12. The first kappa shape index (κ1) is 10.0. The van der Waals surface area contributed by atoms with E-state index >= 15 is 0 Å². The molecule has 2 aliphatic heterocycles. The van der Waals surface area contributed by atoms with Crippen LogP contribution in [0.3, 0.4) is 0 Å². The van der Waals surface area contributed by atoms with Crippen molar-refractivity contribution in [3.63, 3.8) is 0 Å². The standard InChI is InChI=1S/C7H11NO2S3/c9-6-1-2-8(3-4-13(6)10)7(11)5-12-7/h11H,1-5H2. The van der Waals surface area contributed by atoms with Gasteiger partial charge in [0.2, 0.25) is 5.12 Å². The van der Waals surface area contributed by atoms with Crippen LogP contribution in [0.1, 0.15) is 6.42 Å². The molecule has 0 radical (unpaired) electrons. The van der Waals surface area contributed by atoms with Crippen LogP contribution in [0.25, 0.3) is 0 Å². The molecule has 13 heavy (non-hydrogen) atoms. The van der Waals surface area contributed by atoms with Crippen LogP contribution in [0.2, 0.25) is 0 Å². The van der Waals surface area contributed by atoms with Gasteiger partial charge < -0.3 is 0 Å². The van der Waals surface area contributed by atoms with E-state index in [9.17, 15) is 9.00 Å². The van der Waals surface area contributed by atoms with Crippen LogP contribution in [0.5, 0.6) is 0 Å². The Hall–Kier alpha value is 0.480. The van der Waals surface area contributed by atoms with E-state index in [0.717, 1.165) is 12.3 Å². The Kier molecular flexibility index (Phi) is 2.75. The van der Waals surface area contributed by atoms with Crippen molar-refractivity contribution < 1.29 is 9.00 Å². The third-order valence-corrected chi connectivity index (χ3v) is 5.67. The Labute approximate surface area is 89.5 Å². The predicted molar refractivity (Wildman–Crippen MR) is 58.4 cm³/mol. The monoisotopic (exact) mass is 237 g/mol. The largest absolute Gasteiger partial charge is 0.284 e. The van der Waals surface area contributed by atoms with Crippen LogP contribution >= 0.6 is 24.4 Å². The molecular formula is C7H11NO2S3. The van der Waals surface area contributed by atoms with Gasteiger partial charge in [0.1, 0.15) is 4.20 Å². The van der Waals surface area contributed by atoms with Gasteiger partial charge in [-0.1, -0.05) is 0 Å². The maximum Gasteiger partial charge on any atom is 0.220 e. The summed E-state index contributed by atoms with van der Waals surface area (Å²) >= 11 is 6.26. The highest BCUT2D eigenvalue weighted by Gasteiger charge is 2.46. The van der Waals surface area contributed by atoms with Crippen LogP contribution in [-0.4, -0.2) is 43.0 Å². The van der Waals surface area contributed by atoms with Gasteiger partial charge in [-0.15, -0.1) is 24.4 Å². The number of nitrogens with zero attached hydrogens (tertiary/aromatic N) is 1. The van der Waals surface area contributed by atoms with E-state index in [4.69, 9.17) is 0 Å². The average molecular weight is 237 g/mol. The highest BCUT2D eigenvalue weighted by atomic mass is 32.2. The highest BCUT2D eigenvalue weighted by molar-refractivity contribution is 8.19. The molecule has 0 aromatic rings. The molecule has 2 fully saturated rings. The lowest BCUT2D eigenvalue weighted by Crippen LogP contribution is -2.35. The summed E-state index contributed by atoms with van der Waals surface area (Å²) in [5, 5.41) is -0.106. The minimum Gasteiger partial charge on any atom is -0.284 e. The van der Waals surface area contributed by atoms with Crippen molar-refractivity contribution in [1.82, 2.24) is 4.90 Å². The van der Waals surface area contributed by atoms with Crippen LogP contribution in [-0.2, 0) is 15.6 Å². The van der Waals surface area contributed by atoms with E-state index in [1.165, 1.54) is 0 Å². The summed E-state index contributed by atoms with van der Waals surface area (Å²) in [4.78, 5) is 13.3. The van der Waals surface area contributed by atoms with Crippen molar-refractivity contribution in [3.8, 4) is 0 Å². The van der Waals surface area contributed by atoms with Crippen molar-refractivity contribution in [2.45, 2.75) is 10.6 Å². The van der Waals surface area contributed by atoms with E-state index in [1.807, 2.05) is 0 Å². The van der Waals surface area contributed by atoms with Crippen LogP contribution in [0.15, 0.2) is 0 Å². The molecule has 0 amide bonds. The fourth-order valence-corrected chi connectivity index (χ4v) is 3.36. The Morgan fingerprint density at radius 1 is 1.54 bits per heavy atom. The molecule has 2 heterocycles. The Balaban J connectivity index is 2.02. The Morgan fingerprint density at radius 2 is 2.23 bits per heavy atom. The van der Waals surface area contributed by atoms with Crippen LogP contribution < -0.4 is 0 Å². The molecule has 2 rings (SSSR count). The van der Waals surface area contributed by atoms with Crippen LogP contribution in [0, 0.1) is 0 Å². The van der Waals surface area contributed by atoms with E-state index in [2.05, 4.69) is 17.5 Å². The molecule has 0 N–H and O–H groups in total. The number of thiol groups is 1. The smallest absolute Gasteiger partial charge is 0.220 e. The zero-order valence-electron chi connectivity index (χ0n) is 7.06. The first-order valence-corrected chi connectivity index (χ1v) is 6.89. The number of carbonyl (C=O) groups excluding carboxylic acids is 1. The second-order valence-corrected chi connectivity index (χ2v) is 7.04. The fraction of sp³-hybridized carbons (Fsp3) is 0.857. The first-order valence-electron chi connectivity index (χ1n) is 4.14. The third-order valence-electron chi connectivity index (χ3n) is 2.28. The summed E-state index contributed by atoms with van der Waals surface area (Å²) in [6.45, 7) is 1.44. The Morgan fingerprint density at radius 3 is 2.85 bits per heavy atom. The van der Waals surface area contributed by atoms with Crippen molar-refractivity contribution >= 4 is 40.3 Å². The number of hydrogen-bond acceptors (Lipinski definition) is 5. The molecule has 0 spiro atoms.